The van der Waals surface area contributed by atoms with Crippen LogP contribution in [-0.4, -0.2) is 19.0 Å². The smallest absolute Gasteiger partial charge is 0.254 e. The van der Waals surface area contributed by atoms with Gasteiger partial charge in [0.15, 0.2) is 0 Å². The van der Waals surface area contributed by atoms with Crippen LogP contribution in [-0.2, 0) is 0 Å². The van der Waals surface area contributed by atoms with Crippen LogP contribution in [0.25, 0.3) is 0 Å². The minimum atomic E-state index is -0.840. The number of rotatable bonds is 4. The number of carbonyl (C=O) groups excluding carboxylic acids is 1. The number of nitrogens with one attached hydrogen (secondary N) is 1. The molecule has 0 radical (unpaired) electrons. The Morgan fingerprint density at radius 3 is 2.55 bits per heavy atom. The van der Waals surface area contributed by atoms with Gasteiger partial charge in [-0.05, 0) is 36.9 Å². The molecule has 0 spiro atoms. The fraction of sp³-hybridized carbons (Fsp3) is 0.533. The van der Waals surface area contributed by atoms with Crippen molar-refractivity contribution in [2.75, 3.05) is 13.1 Å². The van der Waals surface area contributed by atoms with Gasteiger partial charge in [-0.25, -0.2) is 8.78 Å². The van der Waals surface area contributed by atoms with Crippen molar-refractivity contribution in [1.82, 2.24) is 5.32 Å². The minimum Gasteiger partial charge on any atom is -0.351 e. The second-order valence-electron chi connectivity index (χ2n) is 5.57. The Kier molecular flexibility index (Phi) is 4.70. The summed E-state index contributed by atoms with van der Waals surface area (Å²) in [6.45, 7) is 0.957. The molecule has 0 aliphatic heterocycles. The molecule has 3 nitrogen and oxygen atoms in total. The number of benzene rings is 1. The molecule has 5 heteroatoms. The summed E-state index contributed by atoms with van der Waals surface area (Å²) in [6, 6.07) is 2.96. The number of nitrogens with two attached hydrogens (primary N) is 1. The van der Waals surface area contributed by atoms with E-state index in [1.807, 2.05) is 0 Å². The van der Waals surface area contributed by atoms with Crippen LogP contribution in [0.2, 0.25) is 0 Å². The number of hydrogen-bond acceptors (Lipinski definition) is 2. The molecule has 1 aromatic carbocycles. The van der Waals surface area contributed by atoms with Crippen LogP contribution in [0.15, 0.2) is 18.2 Å². The lowest BCUT2D eigenvalue weighted by molar-refractivity contribution is 0.0910. The van der Waals surface area contributed by atoms with Gasteiger partial charge in [-0.15, -0.1) is 0 Å². The Hall–Kier alpha value is -1.49. The Bertz CT molecular complexity index is 485. The number of amides is 1. The van der Waals surface area contributed by atoms with Gasteiger partial charge in [-0.3, -0.25) is 4.79 Å². The molecule has 1 aliphatic carbocycles. The number of carbonyl (C=O) groups is 1. The molecule has 1 fully saturated rings. The van der Waals surface area contributed by atoms with Gasteiger partial charge in [-0.1, -0.05) is 19.3 Å². The largest absolute Gasteiger partial charge is 0.351 e. The van der Waals surface area contributed by atoms with Crippen LogP contribution in [0.1, 0.15) is 42.5 Å². The van der Waals surface area contributed by atoms with Gasteiger partial charge in [0.25, 0.3) is 5.91 Å². The van der Waals surface area contributed by atoms with Crippen molar-refractivity contribution in [2.45, 2.75) is 32.1 Å². The van der Waals surface area contributed by atoms with E-state index >= 15 is 0 Å². The van der Waals surface area contributed by atoms with Crippen molar-refractivity contribution < 1.29 is 13.6 Å². The normalized spacial score (nSPS) is 17.8. The van der Waals surface area contributed by atoms with E-state index in [2.05, 4.69) is 5.32 Å². The molecular weight excluding hydrogens is 262 g/mol. The van der Waals surface area contributed by atoms with Crippen molar-refractivity contribution in [3.63, 3.8) is 0 Å². The van der Waals surface area contributed by atoms with E-state index in [1.165, 1.54) is 6.42 Å². The van der Waals surface area contributed by atoms with Crippen molar-refractivity contribution >= 4 is 5.91 Å². The molecule has 0 saturated heterocycles. The molecule has 3 N–H and O–H groups in total. The van der Waals surface area contributed by atoms with E-state index in [1.54, 1.807) is 0 Å². The van der Waals surface area contributed by atoms with Crippen LogP contribution >= 0.6 is 0 Å². The predicted molar refractivity (Wildman–Crippen MR) is 73.3 cm³/mol. The molecular formula is C15H20F2N2O. The summed E-state index contributed by atoms with van der Waals surface area (Å²) in [7, 11) is 0. The van der Waals surface area contributed by atoms with Crippen LogP contribution in [0.3, 0.4) is 0 Å². The lowest BCUT2D eigenvalue weighted by atomic mass is 9.74. The lowest BCUT2D eigenvalue weighted by Gasteiger charge is -2.36. The zero-order chi connectivity index (χ0) is 14.6. The molecule has 1 saturated carbocycles. The van der Waals surface area contributed by atoms with Crippen molar-refractivity contribution in [3.05, 3.63) is 35.4 Å². The molecule has 0 aromatic heterocycles. The summed E-state index contributed by atoms with van der Waals surface area (Å²) in [5, 5.41) is 2.74. The minimum absolute atomic E-state index is 0.0790. The third-order valence-electron chi connectivity index (χ3n) is 4.15. The fourth-order valence-electron chi connectivity index (χ4n) is 2.79. The topological polar surface area (TPSA) is 55.1 Å². The summed E-state index contributed by atoms with van der Waals surface area (Å²) in [5.41, 5.74) is 5.63. The van der Waals surface area contributed by atoms with E-state index in [-0.39, 0.29) is 11.0 Å². The van der Waals surface area contributed by atoms with Crippen molar-refractivity contribution in [2.24, 2.45) is 11.1 Å². The maximum Gasteiger partial charge on any atom is 0.254 e. The van der Waals surface area contributed by atoms with E-state index in [0.717, 1.165) is 37.8 Å². The third-order valence-corrected chi connectivity index (χ3v) is 4.15. The van der Waals surface area contributed by atoms with Crippen LogP contribution in [0.5, 0.6) is 0 Å². The van der Waals surface area contributed by atoms with Crippen molar-refractivity contribution in [1.29, 1.82) is 0 Å². The molecule has 1 aliphatic rings. The highest BCUT2D eigenvalue weighted by atomic mass is 19.1. The van der Waals surface area contributed by atoms with Gasteiger partial charge in [0.1, 0.15) is 11.6 Å². The average molecular weight is 282 g/mol. The Morgan fingerprint density at radius 2 is 1.95 bits per heavy atom. The van der Waals surface area contributed by atoms with Gasteiger partial charge in [0, 0.05) is 12.6 Å². The second kappa shape index (κ2) is 6.31. The highest BCUT2D eigenvalue weighted by Gasteiger charge is 2.31. The number of hydrogen-bond donors (Lipinski definition) is 2. The molecule has 1 amide bonds. The molecule has 0 bridgehead atoms. The third kappa shape index (κ3) is 3.33. The molecule has 0 unspecified atom stereocenters. The standard InChI is InChI=1S/C15H20F2N2O/c16-11-4-5-12(13(17)8-11)14(20)19-10-15(9-18)6-2-1-3-7-15/h4-5,8H,1-3,6-7,9-10,18H2,(H,19,20). The molecule has 0 heterocycles. The summed E-state index contributed by atoms with van der Waals surface area (Å²) in [6.07, 6.45) is 5.38. The SMILES string of the molecule is NCC1(CNC(=O)c2ccc(F)cc2F)CCCCC1. The quantitative estimate of drug-likeness (QED) is 0.892. The zero-order valence-corrected chi connectivity index (χ0v) is 11.4. The van der Waals surface area contributed by atoms with Crippen LogP contribution in [0.4, 0.5) is 8.78 Å². The van der Waals surface area contributed by atoms with E-state index in [0.29, 0.717) is 19.2 Å². The Labute approximate surface area is 117 Å². The molecule has 110 valence electrons. The summed E-state index contributed by atoms with van der Waals surface area (Å²) in [5.74, 6) is -2.04. The van der Waals surface area contributed by atoms with Crippen LogP contribution in [0, 0.1) is 17.0 Å². The van der Waals surface area contributed by atoms with Gasteiger partial charge >= 0.3 is 0 Å². The Balaban J connectivity index is 2.00. The van der Waals surface area contributed by atoms with Gasteiger partial charge in [-0.2, -0.15) is 0 Å². The van der Waals surface area contributed by atoms with Gasteiger partial charge < -0.3 is 11.1 Å². The summed E-state index contributed by atoms with van der Waals surface area (Å²) >= 11 is 0. The van der Waals surface area contributed by atoms with Gasteiger partial charge in [0.05, 0.1) is 5.56 Å². The highest BCUT2D eigenvalue weighted by molar-refractivity contribution is 5.94. The highest BCUT2D eigenvalue weighted by Crippen LogP contribution is 2.34. The maximum atomic E-state index is 13.5. The Morgan fingerprint density at radius 1 is 1.25 bits per heavy atom. The maximum absolute atomic E-state index is 13.5. The van der Waals surface area contributed by atoms with E-state index < -0.39 is 17.5 Å². The van der Waals surface area contributed by atoms with Crippen LogP contribution < -0.4 is 11.1 Å². The first-order valence-corrected chi connectivity index (χ1v) is 7.00. The van der Waals surface area contributed by atoms with Gasteiger partial charge in [0.2, 0.25) is 0 Å². The first-order valence-electron chi connectivity index (χ1n) is 7.00. The second-order valence-corrected chi connectivity index (χ2v) is 5.57. The zero-order valence-electron chi connectivity index (χ0n) is 11.4. The van der Waals surface area contributed by atoms with Crippen molar-refractivity contribution in [3.8, 4) is 0 Å². The summed E-state index contributed by atoms with van der Waals surface area (Å²) in [4.78, 5) is 12.0. The summed E-state index contributed by atoms with van der Waals surface area (Å²) < 4.78 is 26.3. The van der Waals surface area contributed by atoms with E-state index in [4.69, 9.17) is 5.73 Å². The number of halogens is 2. The lowest BCUT2D eigenvalue weighted by Crippen LogP contribution is -2.43. The molecule has 20 heavy (non-hydrogen) atoms. The van der Waals surface area contributed by atoms with E-state index in [9.17, 15) is 13.6 Å². The molecule has 0 atom stereocenters. The molecule has 1 aromatic rings. The predicted octanol–water partition coefficient (Wildman–Crippen LogP) is 2.60. The monoisotopic (exact) mass is 282 g/mol. The first kappa shape index (κ1) is 14.9. The first-order chi connectivity index (χ1) is 9.56. The fourth-order valence-corrected chi connectivity index (χ4v) is 2.79. The molecule has 2 rings (SSSR count). The average Bonchev–Trinajstić information content (AvgIpc) is 2.46.